The molecule has 297 valence electrons. The summed E-state index contributed by atoms with van der Waals surface area (Å²) in [6.07, 6.45) is 6.72. The maximum Gasteiger partial charge on any atom is 0.164 e. The molecule has 1 N–H and O–H groups in total. The molecule has 0 aliphatic rings. The summed E-state index contributed by atoms with van der Waals surface area (Å²) in [5.74, 6) is -1.48. The van der Waals surface area contributed by atoms with Crippen molar-refractivity contribution in [2.45, 2.75) is 94.4 Å². The van der Waals surface area contributed by atoms with E-state index in [0.717, 1.165) is 57.3 Å². The molecular weight excluding hydrogens is 879 g/mol. The minimum absolute atomic E-state index is 0. The van der Waals surface area contributed by atoms with Crippen LogP contribution in [0.1, 0.15) is 91.8 Å². The van der Waals surface area contributed by atoms with Gasteiger partial charge in [0.25, 0.3) is 0 Å². The Morgan fingerprint density at radius 2 is 1.46 bits per heavy atom. The van der Waals surface area contributed by atoms with Crippen LogP contribution in [0, 0.1) is 48.4 Å². The quantitative estimate of drug-likeness (QED) is 0.0782. The van der Waals surface area contributed by atoms with Crippen molar-refractivity contribution in [3.05, 3.63) is 144 Å². The van der Waals surface area contributed by atoms with Crippen molar-refractivity contribution in [2.75, 3.05) is 0 Å². The molecule has 0 spiro atoms. The average molecular weight is 933 g/mol. The second-order valence-corrected chi connectivity index (χ2v) is 16.4. The van der Waals surface area contributed by atoms with Gasteiger partial charge in [-0.15, -0.1) is 70.8 Å². The number of aromatic nitrogens is 2. The van der Waals surface area contributed by atoms with Gasteiger partial charge in [-0.25, -0.2) is 8.78 Å². The second kappa shape index (κ2) is 19.0. The normalized spacial score (nSPS) is 11.9. The third-order valence-corrected chi connectivity index (χ3v) is 10.0. The Hall–Kier alpha value is -4.58. The van der Waals surface area contributed by atoms with Crippen LogP contribution in [0.2, 0.25) is 0 Å². The van der Waals surface area contributed by atoms with Gasteiger partial charge in [0.1, 0.15) is 5.76 Å². The Bertz CT molecular complexity index is 2260. The number of pyridine rings is 2. The summed E-state index contributed by atoms with van der Waals surface area (Å²) in [6.45, 7) is 22.2. The number of fused-ring (bicyclic) bond motifs is 3. The maximum atomic E-state index is 13.7. The fourth-order valence-corrected chi connectivity index (χ4v) is 5.90. The van der Waals surface area contributed by atoms with E-state index in [4.69, 9.17) is 0 Å². The molecule has 4 aromatic carbocycles. The number of hydrogen-bond donors (Lipinski definition) is 1. The summed E-state index contributed by atoms with van der Waals surface area (Å²) in [5.41, 5.74) is 6.63. The van der Waals surface area contributed by atoms with Crippen molar-refractivity contribution in [1.29, 1.82) is 0 Å². The molecule has 0 aliphatic heterocycles. The van der Waals surface area contributed by atoms with Gasteiger partial charge in [-0.3, -0.25) is 4.79 Å². The molecule has 2 heterocycles. The zero-order chi connectivity index (χ0) is 40.7. The molecule has 1 radical (unpaired) electrons. The second-order valence-electron chi connectivity index (χ2n) is 16.4. The number of carbonyl (C=O) groups is 1. The monoisotopic (exact) mass is 933 g/mol. The van der Waals surface area contributed by atoms with Gasteiger partial charge in [-0.1, -0.05) is 100 Å². The van der Waals surface area contributed by atoms with Gasteiger partial charge in [-0.05, 0) is 75.0 Å². The van der Waals surface area contributed by atoms with Gasteiger partial charge < -0.3 is 15.1 Å². The van der Waals surface area contributed by atoms with E-state index < -0.39 is 17.0 Å². The van der Waals surface area contributed by atoms with Gasteiger partial charge in [0.15, 0.2) is 17.4 Å². The fourth-order valence-electron chi connectivity index (χ4n) is 5.90. The SMILES string of the molecule is CC(C)(C)c1ccc(-c2[c-]cccc2)nc1.CCC(C)(CC)/C(O)=C/C(=O)C(C)(C)C.Cc1[c-]c(-c2nccc3c2ccc2cc(F)c(F)cc23)cc(C)c1.[Ir]. The van der Waals surface area contributed by atoms with E-state index in [1.807, 2.05) is 104 Å². The molecule has 0 saturated heterocycles. The number of hydrogen-bond acceptors (Lipinski definition) is 4. The summed E-state index contributed by atoms with van der Waals surface area (Å²) in [4.78, 5) is 20.7. The van der Waals surface area contributed by atoms with Gasteiger partial charge in [0.2, 0.25) is 0 Å². The molecule has 0 fully saturated rings. The number of ketones is 1. The zero-order valence-corrected chi connectivity index (χ0v) is 36.9. The fraction of sp³-hybridized carbons (Fsp3) is 0.327. The summed E-state index contributed by atoms with van der Waals surface area (Å²) < 4.78 is 27.2. The van der Waals surface area contributed by atoms with E-state index in [-0.39, 0.29) is 42.5 Å². The molecule has 7 heteroatoms. The predicted molar refractivity (Wildman–Crippen MR) is 224 cm³/mol. The zero-order valence-electron chi connectivity index (χ0n) is 34.5. The molecule has 0 bridgehead atoms. The topological polar surface area (TPSA) is 63.1 Å². The van der Waals surface area contributed by atoms with Crippen LogP contribution in [0.4, 0.5) is 8.78 Å². The number of allylic oxidation sites excluding steroid dienone is 2. The largest absolute Gasteiger partial charge is 0.512 e. The van der Waals surface area contributed by atoms with Crippen LogP contribution in [0.25, 0.3) is 44.1 Å². The number of nitrogens with zero attached hydrogens (tertiary/aromatic N) is 2. The van der Waals surface area contributed by atoms with E-state index in [9.17, 15) is 18.7 Å². The number of rotatable bonds is 6. The van der Waals surface area contributed by atoms with Crippen molar-refractivity contribution < 1.29 is 38.8 Å². The van der Waals surface area contributed by atoms with Crippen molar-refractivity contribution in [2.24, 2.45) is 10.8 Å². The first kappa shape index (κ1) is 45.8. The Balaban J connectivity index is 0.000000233. The third-order valence-electron chi connectivity index (χ3n) is 10.0. The molecule has 56 heavy (non-hydrogen) atoms. The van der Waals surface area contributed by atoms with Crippen molar-refractivity contribution in [3.63, 3.8) is 0 Å². The molecule has 0 unspecified atom stereocenters. The van der Waals surface area contributed by atoms with Crippen LogP contribution < -0.4 is 0 Å². The van der Waals surface area contributed by atoms with Gasteiger partial charge >= 0.3 is 0 Å². The minimum Gasteiger partial charge on any atom is -0.512 e. The average Bonchev–Trinajstić information content (AvgIpc) is 3.14. The number of aliphatic hydroxyl groups is 1. The van der Waals surface area contributed by atoms with Crippen LogP contribution in [-0.4, -0.2) is 20.9 Å². The van der Waals surface area contributed by atoms with Crippen molar-refractivity contribution >= 4 is 27.3 Å². The van der Waals surface area contributed by atoms with Crippen LogP contribution in [0.3, 0.4) is 0 Å². The molecule has 0 amide bonds. The van der Waals surface area contributed by atoms with Crippen LogP contribution in [0.5, 0.6) is 0 Å². The number of aryl methyl sites for hydroxylation is 2. The first-order valence-electron chi connectivity index (χ1n) is 18.8. The first-order chi connectivity index (χ1) is 25.8. The van der Waals surface area contributed by atoms with Crippen LogP contribution in [0.15, 0.2) is 103 Å². The van der Waals surface area contributed by atoms with E-state index in [0.29, 0.717) is 10.8 Å². The van der Waals surface area contributed by atoms with E-state index in [2.05, 4.69) is 61.1 Å². The molecule has 2 aromatic heterocycles. The molecule has 6 aromatic rings. The summed E-state index contributed by atoms with van der Waals surface area (Å²) in [7, 11) is 0. The molecular formula is C49H54F2IrN2O2-2. The Kier molecular flexibility index (Phi) is 15.6. The molecule has 0 atom stereocenters. The molecule has 4 nitrogen and oxygen atoms in total. The van der Waals surface area contributed by atoms with E-state index in [1.165, 1.54) is 23.8 Å². The van der Waals surface area contributed by atoms with Gasteiger partial charge in [0.05, 0.1) is 0 Å². The summed E-state index contributed by atoms with van der Waals surface area (Å²) in [5, 5.41) is 13.0. The van der Waals surface area contributed by atoms with E-state index in [1.54, 1.807) is 12.3 Å². The number of aliphatic hydroxyl groups excluding tert-OH is 1. The Morgan fingerprint density at radius 3 is 2.02 bits per heavy atom. The maximum absolute atomic E-state index is 13.7. The van der Waals surface area contributed by atoms with Crippen molar-refractivity contribution in [3.8, 4) is 22.5 Å². The minimum atomic E-state index is -0.841. The Labute approximate surface area is 345 Å². The van der Waals surface area contributed by atoms with Crippen LogP contribution in [-0.2, 0) is 30.3 Å². The van der Waals surface area contributed by atoms with Gasteiger partial charge in [-0.2, -0.15) is 0 Å². The van der Waals surface area contributed by atoms with E-state index >= 15 is 0 Å². The number of halogens is 2. The molecule has 0 aliphatic carbocycles. The van der Waals surface area contributed by atoms with Gasteiger partial charge in [0, 0.05) is 49.4 Å². The first-order valence-corrected chi connectivity index (χ1v) is 18.8. The van der Waals surface area contributed by atoms with Crippen molar-refractivity contribution in [1.82, 2.24) is 9.97 Å². The number of carbonyl (C=O) groups excluding carboxylic acids is 1. The standard InChI is InChI=1S/C21H14F2N.C15H16N.C13H24O2.Ir/c1-12-7-13(2)9-15(8-12)21-17-4-3-14-10-19(22)20(23)11-18(14)16(17)5-6-24-21;1-15(2,3)13-9-10-14(16-11-13)12-7-5-4-6-8-12;1-7-13(6,8-2)11(15)9-10(14)12(3,4)5;/h3-8,10-11H,1-2H3;4-7,9-11H,1-3H3;9,15H,7-8H2,1-6H3;/q2*-1;;/b;;11-9-;. The summed E-state index contributed by atoms with van der Waals surface area (Å²) >= 11 is 0. The Morgan fingerprint density at radius 1 is 0.786 bits per heavy atom. The third kappa shape index (κ3) is 11.5. The molecule has 6 rings (SSSR count). The smallest absolute Gasteiger partial charge is 0.164 e. The number of benzene rings is 4. The predicted octanol–water partition coefficient (Wildman–Crippen LogP) is 13.5. The molecule has 0 saturated carbocycles. The van der Waals surface area contributed by atoms with Crippen LogP contribution >= 0.6 is 0 Å². The summed E-state index contributed by atoms with van der Waals surface area (Å²) in [6, 6.07) is 30.7.